The summed E-state index contributed by atoms with van der Waals surface area (Å²) in [7, 11) is 13.4. The quantitative estimate of drug-likeness (QED) is 0.443. The van der Waals surface area contributed by atoms with E-state index in [1.54, 1.807) is 6.07 Å². The van der Waals surface area contributed by atoms with Crippen molar-refractivity contribution in [3.63, 3.8) is 0 Å². The van der Waals surface area contributed by atoms with Gasteiger partial charge in [0.05, 0.1) is 0 Å². The third-order valence-corrected chi connectivity index (χ3v) is 1.48. The van der Waals surface area contributed by atoms with E-state index in [2.05, 4.69) is 43.0 Å². The molecule has 0 aliphatic rings. The normalized spacial score (nSPS) is 10.9. The number of likely N-dealkylation sites (N-methyl/N-ethyl adjacent to an activating group) is 2. The summed E-state index contributed by atoms with van der Waals surface area (Å²) in [4.78, 5) is 6.99. The number of rotatable bonds is 4. The molecule has 1 N–H and O–H groups in total. The first-order valence-corrected chi connectivity index (χ1v) is 4.99. The van der Waals surface area contributed by atoms with Crippen LogP contribution >= 0.6 is 0 Å². The lowest BCUT2D eigenvalue weighted by Gasteiger charge is -2.13. The van der Waals surface area contributed by atoms with Gasteiger partial charge in [0, 0.05) is 13.1 Å². The zero-order valence-electron chi connectivity index (χ0n) is 10.5. The van der Waals surface area contributed by atoms with Crippen molar-refractivity contribution in [3.8, 4) is 6.07 Å². The van der Waals surface area contributed by atoms with Crippen LogP contribution in [0.15, 0.2) is 0 Å². The number of hydrogen-bond donors (Lipinski definition) is 1. The molecule has 0 atom stereocenters. The minimum Gasteiger partial charge on any atom is -0.308 e. The molecule has 0 aliphatic heterocycles. The van der Waals surface area contributed by atoms with E-state index in [9.17, 15) is 0 Å². The Hall–Kier alpha value is -0.855. The molecule has 0 spiro atoms. The van der Waals surface area contributed by atoms with Crippen molar-refractivity contribution < 1.29 is 4.99 Å². The van der Waals surface area contributed by atoms with Crippen LogP contribution in [-0.2, 0) is 0 Å². The standard InChI is InChI=1S/C6H16N2.C4H5BN2/c1-7(2)5-6-8(3)4;1-2-7-4(5)3-6/h5-6H2,1-4H3;2H2,1H3/p+1. The Bertz CT molecular complexity index is 198. The van der Waals surface area contributed by atoms with Gasteiger partial charge in [-0.25, -0.2) is 4.99 Å². The highest BCUT2D eigenvalue weighted by Gasteiger charge is 1.89. The van der Waals surface area contributed by atoms with Crippen molar-refractivity contribution >= 4 is 13.5 Å². The van der Waals surface area contributed by atoms with Gasteiger partial charge in [-0.05, 0) is 35.1 Å². The monoisotopic (exact) mass is 209 g/mol. The molecule has 0 bridgehead atoms. The molecule has 0 rings (SSSR count). The fourth-order valence-corrected chi connectivity index (χ4v) is 0.630. The molecule has 0 aromatic heterocycles. The van der Waals surface area contributed by atoms with Gasteiger partial charge in [-0.15, -0.1) is 0 Å². The van der Waals surface area contributed by atoms with E-state index in [1.807, 2.05) is 6.92 Å². The Morgan fingerprint density at radius 3 is 1.73 bits per heavy atom. The molecule has 0 aliphatic carbocycles. The van der Waals surface area contributed by atoms with Crippen molar-refractivity contribution in [2.75, 3.05) is 47.8 Å². The highest BCUT2D eigenvalue weighted by Crippen LogP contribution is 1.76. The van der Waals surface area contributed by atoms with Crippen LogP contribution in [0.1, 0.15) is 6.92 Å². The molecule has 0 aromatic rings. The molecular weight excluding hydrogens is 187 g/mol. The highest BCUT2D eigenvalue weighted by molar-refractivity contribution is 6.62. The maximum absolute atomic E-state index is 7.99. The fourth-order valence-electron chi connectivity index (χ4n) is 0.630. The minimum atomic E-state index is 0.183. The SMILES string of the molecule is CN(C)CCN(C)C.[B]C(C#N)=[NH+]CC. The number of nitriles is 1. The predicted molar refractivity (Wildman–Crippen MR) is 65.0 cm³/mol. The topological polar surface area (TPSA) is 44.2 Å². The van der Waals surface area contributed by atoms with E-state index in [0.29, 0.717) is 6.54 Å². The summed E-state index contributed by atoms with van der Waals surface area (Å²) in [6.07, 6.45) is 0. The molecule has 15 heavy (non-hydrogen) atoms. The lowest BCUT2D eigenvalue weighted by Crippen LogP contribution is -2.72. The third kappa shape index (κ3) is 19.5. The van der Waals surface area contributed by atoms with Crippen LogP contribution in [0.2, 0.25) is 0 Å². The molecule has 0 fully saturated rings. The fraction of sp³-hybridized carbons (Fsp3) is 0.800. The van der Waals surface area contributed by atoms with Crippen molar-refractivity contribution in [3.05, 3.63) is 0 Å². The number of nitrogens with zero attached hydrogens (tertiary/aromatic N) is 3. The van der Waals surface area contributed by atoms with Gasteiger partial charge in [0.2, 0.25) is 7.85 Å². The van der Waals surface area contributed by atoms with Gasteiger partial charge < -0.3 is 9.80 Å². The average molecular weight is 209 g/mol. The summed E-state index contributed by atoms with van der Waals surface area (Å²) in [5.41, 5.74) is 0.183. The Morgan fingerprint density at radius 2 is 1.60 bits per heavy atom. The Kier molecular flexibility index (Phi) is 12.4. The largest absolute Gasteiger partial charge is 0.308 e. The maximum Gasteiger partial charge on any atom is 0.228 e. The second-order valence-corrected chi connectivity index (χ2v) is 3.66. The first-order chi connectivity index (χ1) is 6.93. The predicted octanol–water partition coefficient (Wildman–Crippen LogP) is -1.71. The highest BCUT2D eigenvalue weighted by atomic mass is 15.1. The first-order valence-electron chi connectivity index (χ1n) is 4.99. The zero-order chi connectivity index (χ0) is 12.3. The summed E-state index contributed by atoms with van der Waals surface area (Å²) in [5, 5.41) is 7.99. The van der Waals surface area contributed by atoms with E-state index in [1.165, 1.54) is 0 Å². The minimum absolute atomic E-state index is 0.183. The first kappa shape index (κ1) is 16.6. The van der Waals surface area contributed by atoms with Gasteiger partial charge in [0.15, 0.2) is 5.61 Å². The second kappa shape index (κ2) is 11.2. The van der Waals surface area contributed by atoms with Gasteiger partial charge >= 0.3 is 0 Å². The van der Waals surface area contributed by atoms with Crippen LogP contribution in [0, 0.1) is 11.3 Å². The van der Waals surface area contributed by atoms with Crippen LogP contribution in [0.5, 0.6) is 0 Å². The van der Waals surface area contributed by atoms with Crippen LogP contribution < -0.4 is 4.99 Å². The Balaban J connectivity index is 0. The van der Waals surface area contributed by atoms with Crippen molar-refractivity contribution in [2.24, 2.45) is 0 Å². The maximum atomic E-state index is 7.99. The van der Waals surface area contributed by atoms with E-state index in [0.717, 1.165) is 13.1 Å². The molecule has 4 nitrogen and oxygen atoms in total. The van der Waals surface area contributed by atoms with Crippen molar-refractivity contribution in [2.45, 2.75) is 6.92 Å². The van der Waals surface area contributed by atoms with E-state index >= 15 is 0 Å². The summed E-state index contributed by atoms with van der Waals surface area (Å²) in [6.45, 7) is 4.88. The number of hydrogen-bond acceptors (Lipinski definition) is 3. The lowest BCUT2D eigenvalue weighted by atomic mass is 10.0. The molecule has 0 aromatic carbocycles. The van der Waals surface area contributed by atoms with Crippen LogP contribution in [0.4, 0.5) is 0 Å². The molecular formula is C10H22BN4+. The van der Waals surface area contributed by atoms with Gasteiger partial charge in [0.1, 0.15) is 12.6 Å². The smallest absolute Gasteiger partial charge is 0.228 e. The van der Waals surface area contributed by atoms with Crippen molar-refractivity contribution in [1.82, 2.24) is 9.80 Å². The summed E-state index contributed by atoms with van der Waals surface area (Å²) < 4.78 is 0. The number of nitrogens with one attached hydrogen (secondary N) is 1. The lowest BCUT2D eigenvalue weighted by molar-refractivity contribution is -0.448. The molecule has 0 amide bonds. The molecule has 0 heterocycles. The molecule has 0 saturated carbocycles. The van der Waals surface area contributed by atoms with Gasteiger partial charge in [-0.1, -0.05) is 0 Å². The van der Waals surface area contributed by atoms with E-state index in [-0.39, 0.29) is 5.61 Å². The third-order valence-electron chi connectivity index (χ3n) is 1.48. The molecule has 2 radical (unpaired) electrons. The van der Waals surface area contributed by atoms with Gasteiger partial charge in [0.25, 0.3) is 0 Å². The average Bonchev–Trinajstić information content (AvgIpc) is 2.16. The summed E-state index contributed by atoms with van der Waals surface area (Å²) >= 11 is 0. The summed E-state index contributed by atoms with van der Waals surface area (Å²) in [5.74, 6) is 0. The molecule has 84 valence electrons. The van der Waals surface area contributed by atoms with Crippen LogP contribution in [-0.4, -0.2) is 71.1 Å². The van der Waals surface area contributed by atoms with Gasteiger partial charge in [-0.3, -0.25) is 0 Å². The Morgan fingerprint density at radius 1 is 1.20 bits per heavy atom. The van der Waals surface area contributed by atoms with E-state index < -0.39 is 0 Å². The van der Waals surface area contributed by atoms with Crippen molar-refractivity contribution in [1.29, 1.82) is 5.26 Å². The zero-order valence-corrected chi connectivity index (χ0v) is 10.5. The van der Waals surface area contributed by atoms with Crippen LogP contribution in [0.3, 0.4) is 0 Å². The second-order valence-electron chi connectivity index (χ2n) is 3.66. The Labute approximate surface area is 95.0 Å². The molecule has 5 heteroatoms. The molecule has 0 unspecified atom stereocenters. The summed E-state index contributed by atoms with van der Waals surface area (Å²) in [6, 6.07) is 1.75. The van der Waals surface area contributed by atoms with E-state index in [4.69, 9.17) is 13.1 Å². The van der Waals surface area contributed by atoms with Crippen LogP contribution in [0.25, 0.3) is 0 Å². The molecule has 0 saturated heterocycles. The van der Waals surface area contributed by atoms with Gasteiger partial charge in [-0.2, -0.15) is 5.26 Å².